The van der Waals surface area contributed by atoms with Crippen LogP contribution in [0.15, 0.2) is 5.38 Å². The van der Waals surface area contributed by atoms with Gasteiger partial charge in [0.25, 0.3) is 0 Å². The molecule has 0 amide bonds. The molecule has 1 atom stereocenters. The van der Waals surface area contributed by atoms with E-state index >= 15 is 0 Å². The first-order valence-electron chi connectivity index (χ1n) is 5.76. The number of rotatable bonds is 2. The van der Waals surface area contributed by atoms with Gasteiger partial charge in [0.1, 0.15) is 10.8 Å². The van der Waals surface area contributed by atoms with Gasteiger partial charge in [0.2, 0.25) is 0 Å². The van der Waals surface area contributed by atoms with Crippen molar-refractivity contribution >= 4 is 33.7 Å². The molecule has 1 aliphatic rings. The van der Waals surface area contributed by atoms with Gasteiger partial charge in [0.05, 0.1) is 22.4 Å². The molecule has 0 bridgehead atoms. The van der Waals surface area contributed by atoms with Gasteiger partial charge in [-0.25, -0.2) is 4.98 Å². The molecular formula is C11H14N4OS2. The Morgan fingerprint density at radius 2 is 2.39 bits per heavy atom. The highest BCUT2D eigenvalue weighted by atomic mass is 32.1. The van der Waals surface area contributed by atoms with Gasteiger partial charge in [-0.3, -0.25) is 0 Å². The number of aliphatic hydroxyl groups excluding tert-OH is 1. The standard InChI is InChI=1S/C11H14N4OS2/c1-6-13-8(5-17-6)9-10(12)14-18-11(9)15-3-2-7(16)4-15/h5,7,16H,2-4H2,1H3,(H2,12,14). The van der Waals surface area contributed by atoms with Crippen LogP contribution in [-0.2, 0) is 0 Å². The van der Waals surface area contributed by atoms with E-state index in [-0.39, 0.29) is 6.10 Å². The highest BCUT2D eigenvalue weighted by molar-refractivity contribution is 7.11. The van der Waals surface area contributed by atoms with Crippen molar-refractivity contribution in [1.82, 2.24) is 9.36 Å². The topological polar surface area (TPSA) is 75.3 Å². The summed E-state index contributed by atoms with van der Waals surface area (Å²) in [6.07, 6.45) is 0.547. The van der Waals surface area contributed by atoms with Crippen LogP contribution in [-0.4, -0.2) is 33.7 Å². The monoisotopic (exact) mass is 282 g/mol. The Hall–Kier alpha value is -1.18. The molecular weight excluding hydrogens is 268 g/mol. The Bertz CT molecular complexity index is 565. The van der Waals surface area contributed by atoms with E-state index in [0.717, 1.165) is 34.2 Å². The predicted octanol–water partition coefficient (Wildman–Crippen LogP) is 1.73. The van der Waals surface area contributed by atoms with Gasteiger partial charge in [-0.1, -0.05) is 0 Å². The summed E-state index contributed by atoms with van der Waals surface area (Å²) in [5.41, 5.74) is 7.76. The number of aliphatic hydroxyl groups is 1. The molecule has 3 heterocycles. The van der Waals surface area contributed by atoms with Crippen LogP contribution < -0.4 is 10.6 Å². The Kier molecular flexibility index (Phi) is 2.96. The maximum atomic E-state index is 9.63. The number of anilines is 2. The summed E-state index contributed by atoms with van der Waals surface area (Å²) in [5.74, 6) is 0.529. The molecule has 1 saturated heterocycles. The quantitative estimate of drug-likeness (QED) is 0.877. The number of aromatic nitrogens is 2. The van der Waals surface area contributed by atoms with Crippen molar-refractivity contribution in [3.8, 4) is 11.3 Å². The van der Waals surface area contributed by atoms with Crippen LogP contribution in [0.4, 0.5) is 10.8 Å². The fraction of sp³-hybridized carbons (Fsp3) is 0.455. The summed E-state index contributed by atoms with van der Waals surface area (Å²) in [5, 5.41) is 13.7. The molecule has 3 N–H and O–H groups in total. The van der Waals surface area contributed by atoms with Crippen molar-refractivity contribution in [2.24, 2.45) is 0 Å². The second-order valence-electron chi connectivity index (χ2n) is 4.39. The van der Waals surface area contributed by atoms with E-state index in [9.17, 15) is 5.11 Å². The second-order valence-corrected chi connectivity index (χ2v) is 6.20. The van der Waals surface area contributed by atoms with Gasteiger partial charge in [-0.15, -0.1) is 11.3 Å². The van der Waals surface area contributed by atoms with Gasteiger partial charge in [-0.05, 0) is 24.9 Å². The summed E-state index contributed by atoms with van der Waals surface area (Å²) < 4.78 is 4.23. The van der Waals surface area contributed by atoms with Gasteiger partial charge in [-0.2, -0.15) is 4.37 Å². The summed E-state index contributed by atoms with van der Waals surface area (Å²) in [4.78, 5) is 6.62. The molecule has 2 aromatic heterocycles. The molecule has 5 nitrogen and oxygen atoms in total. The third-order valence-electron chi connectivity index (χ3n) is 3.03. The number of hydrogen-bond donors (Lipinski definition) is 2. The summed E-state index contributed by atoms with van der Waals surface area (Å²) in [6, 6.07) is 0. The number of aryl methyl sites for hydroxylation is 1. The lowest BCUT2D eigenvalue weighted by atomic mass is 10.2. The molecule has 3 rings (SSSR count). The van der Waals surface area contributed by atoms with E-state index in [0.29, 0.717) is 12.4 Å². The lowest BCUT2D eigenvalue weighted by Crippen LogP contribution is -2.20. The van der Waals surface area contributed by atoms with Gasteiger partial charge < -0.3 is 15.7 Å². The first-order chi connectivity index (χ1) is 8.65. The Balaban J connectivity index is 2.01. The predicted molar refractivity (Wildman–Crippen MR) is 75.2 cm³/mol. The third kappa shape index (κ3) is 1.98. The Morgan fingerprint density at radius 1 is 1.56 bits per heavy atom. The minimum atomic E-state index is -0.252. The molecule has 1 unspecified atom stereocenters. The number of nitrogens with zero attached hydrogens (tertiary/aromatic N) is 3. The zero-order valence-corrected chi connectivity index (χ0v) is 11.6. The van der Waals surface area contributed by atoms with Crippen LogP contribution in [0.5, 0.6) is 0 Å². The number of thiazole rings is 1. The Labute approximate surface area is 113 Å². The first-order valence-corrected chi connectivity index (χ1v) is 7.41. The molecule has 7 heteroatoms. The molecule has 0 radical (unpaired) electrons. The number of β-amino-alcohol motifs (C(OH)–C–C–N with tert-alkyl or cyclic N) is 1. The van der Waals surface area contributed by atoms with Crippen LogP contribution in [0, 0.1) is 6.92 Å². The molecule has 18 heavy (non-hydrogen) atoms. The molecule has 2 aromatic rings. The van der Waals surface area contributed by atoms with Gasteiger partial charge in [0.15, 0.2) is 0 Å². The van der Waals surface area contributed by atoms with E-state index in [2.05, 4.69) is 14.3 Å². The van der Waals surface area contributed by atoms with Crippen LogP contribution in [0.2, 0.25) is 0 Å². The van der Waals surface area contributed by atoms with E-state index in [1.54, 1.807) is 11.3 Å². The highest BCUT2D eigenvalue weighted by Crippen LogP contribution is 2.40. The lowest BCUT2D eigenvalue weighted by molar-refractivity contribution is 0.198. The van der Waals surface area contributed by atoms with Crippen molar-refractivity contribution in [1.29, 1.82) is 0 Å². The van der Waals surface area contributed by atoms with Crippen LogP contribution in [0.1, 0.15) is 11.4 Å². The third-order valence-corrected chi connectivity index (χ3v) is 4.72. The number of nitrogens with two attached hydrogens (primary N) is 1. The Morgan fingerprint density at radius 3 is 3.00 bits per heavy atom. The average Bonchev–Trinajstić information content (AvgIpc) is 2.99. The van der Waals surface area contributed by atoms with Crippen molar-refractivity contribution in [2.75, 3.05) is 23.7 Å². The van der Waals surface area contributed by atoms with E-state index in [4.69, 9.17) is 5.73 Å². The molecule has 0 saturated carbocycles. The minimum Gasteiger partial charge on any atom is -0.391 e. The maximum Gasteiger partial charge on any atom is 0.148 e. The van der Waals surface area contributed by atoms with Gasteiger partial charge in [0, 0.05) is 18.5 Å². The van der Waals surface area contributed by atoms with E-state index < -0.39 is 0 Å². The van der Waals surface area contributed by atoms with Crippen molar-refractivity contribution < 1.29 is 5.11 Å². The molecule has 0 aromatic carbocycles. The molecule has 0 aliphatic carbocycles. The SMILES string of the molecule is Cc1nc(-c2c(N)nsc2N2CCC(O)C2)cs1. The molecule has 0 spiro atoms. The van der Waals surface area contributed by atoms with E-state index in [1.807, 2.05) is 12.3 Å². The van der Waals surface area contributed by atoms with E-state index in [1.165, 1.54) is 11.5 Å². The summed E-state index contributed by atoms with van der Waals surface area (Å²) in [6.45, 7) is 3.47. The van der Waals surface area contributed by atoms with Gasteiger partial charge >= 0.3 is 0 Å². The van der Waals surface area contributed by atoms with Crippen molar-refractivity contribution in [2.45, 2.75) is 19.4 Å². The summed E-state index contributed by atoms with van der Waals surface area (Å²) >= 11 is 2.99. The lowest BCUT2D eigenvalue weighted by Gasteiger charge is -2.16. The van der Waals surface area contributed by atoms with Crippen molar-refractivity contribution in [3.05, 3.63) is 10.4 Å². The van der Waals surface area contributed by atoms with Crippen LogP contribution in [0.3, 0.4) is 0 Å². The fourth-order valence-electron chi connectivity index (χ4n) is 2.15. The smallest absolute Gasteiger partial charge is 0.148 e. The maximum absolute atomic E-state index is 9.63. The minimum absolute atomic E-state index is 0.252. The normalized spacial score (nSPS) is 19.7. The summed E-state index contributed by atoms with van der Waals surface area (Å²) in [7, 11) is 0. The number of hydrogen-bond acceptors (Lipinski definition) is 7. The second kappa shape index (κ2) is 4.49. The highest BCUT2D eigenvalue weighted by Gasteiger charge is 2.26. The molecule has 1 aliphatic heterocycles. The number of nitrogen functional groups attached to an aromatic ring is 1. The largest absolute Gasteiger partial charge is 0.391 e. The fourth-order valence-corrected chi connectivity index (χ4v) is 3.62. The van der Waals surface area contributed by atoms with Crippen molar-refractivity contribution in [3.63, 3.8) is 0 Å². The zero-order valence-electron chi connectivity index (χ0n) is 9.96. The molecule has 1 fully saturated rings. The van der Waals surface area contributed by atoms with Crippen LogP contribution in [0.25, 0.3) is 11.3 Å². The first kappa shape index (κ1) is 11.9. The zero-order chi connectivity index (χ0) is 12.7. The average molecular weight is 282 g/mol. The van der Waals surface area contributed by atoms with Crippen LogP contribution >= 0.6 is 22.9 Å². The molecule has 96 valence electrons.